The van der Waals surface area contributed by atoms with Crippen LogP contribution in [0.3, 0.4) is 0 Å². The largest absolute Gasteiger partial charge is 0.493 e. The van der Waals surface area contributed by atoms with E-state index >= 15 is 0 Å². The summed E-state index contributed by atoms with van der Waals surface area (Å²) < 4.78 is 10.3. The maximum absolute atomic E-state index is 10.7. The molecule has 0 fully saturated rings. The van der Waals surface area contributed by atoms with Crippen LogP contribution in [0.2, 0.25) is 0 Å². The lowest BCUT2D eigenvalue weighted by molar-refractivity contribution is -0.138. The molecular formula is C14H17NO4. The van der Waals surface area contributed by atoms with Gasteiger partial charge in [0.05, 0.1) is 27.3 Å². The minimum absolute atomic E-state index is 0.0987. The van der Waals surface area contributed by atoms with Crippen molar-refractivity contribution in [3.8, 4) is 23.8 Å². The Morgan fingerprint density at radius 3 is 2.58 bits per heavy atom. The highest BCUT2D eigenvalue weighted by Crippen LogP contribution is 2.27. The van der Waals surface area contributed by atoms with Gasteiger partial charge < -0.3 is 14.6 Å². The Hall–Kier alpha value is -2.19. The highest BCUT2D eigenvalue weighted by atomic mass is 16.5. The Bertz CT molecular complexity index is 479. The number of aliphatic carboxylic acids is 1. The third-order valence-corrected chi connectivity index (χ3v) is 2.53. The first-order valence-electron chi connectivity index (χ1n) is 5.69. The molecule has 1 aromatic carbocycles. The van der Waals surface area contributed by atoms with E-state index in [-0.39, 0.29) is 13.1 Å². The Balaban J connectivity index is 2.84. The van der Waals surface area contributed by atoms with Gasteiger partial charge in [-0.05, 0) is 17.7 Å². The molecule has 0 atom stereocenters. The van der Waals surface area contributed by atoms with Crippen LogP contribution in [0.4, 0.5) is 0 Å². The SMILES string of the molecule is C#CCN(CC(=O)O)Cc1ccc(OC)c(OC)c1. The number of carboxylic acid groups (broad SMARTS) is 1. The molecule has 0 aliphatic rings. The van der Waals surface area contributed by atoms with E-state index in [1.54, 1.807) is 25.2 Å². The highest BCUT2D eigenvalue weighted by molar-refractivity contribution is 5.69. The average Bonchev–Trinajstić information content (AvgIpc) is 2.38. The van der Waals surface area contributed by atoms with E-state index in [1.165, 1.54) is 0 Å². The topological polar surface area (TPSA) is 59.0 Å². The molecule has 102 valence electrons. The minimum atomic E-state index is -0.907. The summed E-state index contributed by atoms with van der Waals surface area (Å²) in [5.74, 6) is 2.78. The van der Waals surface area contributed by atoms with Crippen molar-refractivity contribution in [2.24, 2.45) is 0 Å². The number of carboxylic acids is 1. The second-order valence-corrected chi connectivity index (χ2v) is 3.93. The van der Waals surface area contributed by atoms with Crippen LogP contribution >= 0.6 is 0 Å². The van der Waals surface area contributed by atoms with Gasteiger partial charge in [-0.3, -0.25) is 9.69 Å². The van der Waals surface area contributed by atoms with E-state index < -0.39 is 5.97 Å². The zero-order valence-electron chi connectivity index (χ0n) is 11.0. The molecule has 0 aliphatic heterocycles. The van der Waals surface area contributed by atoms with Gasteiger partial charge in [-0.15, -0.1) is 6.42 Å². The van der Waals surface area contributed by atoms with Gasteiger partial charge in [0.1, 0.15) is 0 Å². The number of rotatable bonds is 7. The fraction of sp³-hybridized carbons (Fsp3) is 0.357. The summed E-state index contributed by atoms with van der Waals surface area (Å²) in [5.41, 5.74) is 0.911. The predicted molar refractivity (Wildman–Crippen MR) is 71.3 cm³/mol. The fourth-order valence-corrected chi connectivity index (χ4v) is 1.73. The van der Waals surface area contributed by atoms with Crippen LogP contribution in [0, 0.1) is 12.3 Å². The van der Waals surface area contributed by atoms with Crippen LogP contribution in [0.25, 0.3) is 0 Å². The number of terminal acetylenes is 1. The summed E-state index contributed by atoms with van der Waals surface area (Å²) in [7, 11) is 3.12. The van der Waals surface area contributed by atoms with Crippen molar-refractivity contribution in [3.05, 3.63) is 23.8 Å². The molecule has 0 amide bonds. The van der Waals surface area contributed by atoms with Gasteiger partial charge in [-0.1, -0.05) is 12.0 Å². The summed E-state index contributed by atoms with van der Waals surface area (Å²) in [5, 5.41) is 8.82. The molecule has 5 heteroatoms. The van der Waals surface area contributed by atoms with Crippen LogP contribution in [-0.2, 0) is 11.3 Å². The Morgan fingerprint density at radius 2 is 2.05 bits per heavy atom. The van der Waals surface area contributed by atoms with Gasteiger partial charge in [0, 0.05) is 6.54 Å². The molecule has 0 saturated carbocycles. The monoisotopic (exact) mass is 263 g/mol. The maximum atomic E-state index is 10.7. The van der Waals surface area contributed by atoms with Crippen molar-refractivity contribution >= 4 is 5.97 Å². The number of benzene rings is 1. The summed E-state index contributed by atoms with van der Waals surface area (Å²) in [6.07, 6.45) is 5.23. The summed E-state index contributed by atoms with van der Waals surface area (Å²) >= 11 is 0. The van der Waals surface area contributed by atoms with Crippen molar-refractivity contribution in [3.63, 3.8) is 0 Å². The van der Waals surface area contributed by atoms with E-state index in [9.17, 15) is 4.79 Å². The number of methoxy groups -OCH3 is 2. The normalized spacial score (nSPS) is 10.0. The zero-order chi connectivity index (χ0) is 14.3. The zero-order valence-corrected chi connectivity index (χ0v) is 11.0. The smallest absolute Gasteiger partial charge is 0.317 e. The third kappa shape index (κ3) is 4.53. The molecule has 0 unspecified atom stereocenters. The summed E-state index contributed by atoms with van der Waals surface area (Å²) in [6, 6.07) is 5.44. The van der Waals surface area contributed by atoms with E-state index in [1.807, 2.05) is 12.1 Å². The minimum Gasteiger partial charge on any atom is -0.493 e. The number of hydrogen-bond acceptors (Lipinski definition) is 4. The molecule has 1 aromatic rings. The Morgan fingerprint density at radius 1 is 1.37 bits per heavy atom. The summed E-state index contributed by atoms with van der Waals surface area (Å²) in [6.45, 7) is 0.621. The molecule has 1 N–H and O–H groups in total. The van der Waals surface area contributed by atoms with Crippen LogP contribution in [0.1, 0.15) is 5.56 Å². The van der Waals surface area contributed by atoms with E-state index in [0.29, 0.717) is 18.0 Å². The molecule has 0 radical (unpaired) electrons. The van der Waals surface area contributed by atoms with Crippen molar-refractivity contribution in [2.45, 2.75) is 6.54 Å². The van der Waals surface area contributed by atoms with Crippen LogP contribution in [-0.4, -0.2) is 43.3 Å². The lowest BCUT2D eigenvalue weighted by Gasteiger charge is -2.18. The van der Waals surface area contributed by atoms with E-state index in [4.69, 9.17) is 21.0 Å². The third-order valence-electron chi connectivity index (χ3n) is 2.53. The molecule has 1 rings (SSSR count). The molecule has 5 nitrogen and oxygen atoms in total. The molecular weight excluding hydrogens is 246 g/mol. The van der Waals surface area contributed by atoms with Gasteiger partial charge in [0.25, 0.3) is 0 Å². The predicted octanol–water partition coefficient (Wildman–Crippen LogP) is 1.22. The van der Waals surface area contributed by atoms with E-state index in [2.05, 4.69) is 5.92 Å². The lowest BCUT2D eigenvalue weighted by Crippen LogP contribution is -2.29. The van der Waals surface area contributed by atoms with E-state index in [0.717, 1.165) is 5.56 Å². The molecule has 0 spiro atoms. The molecule has 19 heavy (non-hydrogen) atoms. The van der Waals surface area contributed by atoms with Gasteiger partial charge in [-0.2, -0.15) is 0 Å². The van der Waals surface area contributed by atoms with Crippen molar-refractivity contribution in [1.82, 2.24) is 4.90 Å². The first-order chi connectivity index (χ1) is 9.10. The van der Waals surface area contributed by atoms with Gasteiger partial charge in [-0.25, -0.2) is 0 Å². The summed E-state index contributed by atoms with van der Waals surface area (Å²) in [4.78, 5) is 12.4. The second-order valence-electron chi connectivity index (χ2n) is 3.93. The second kappa shape index (κ2) is 7.29. The molecule has 0 heterocycles. The maximum Gasteiger partial charge on any atom is 0.317 e. The van der Waals surface area contributed by atoms with Crippen LogP contribution < -0.4 is 9.47 Å². The van der Waals surface area contributed by atoms with Gasteiger partial charge in [0.15, 0.2) is 11.5 Å². The standard InChI is InChI=1S/C14H17NO4/c1-4-7-15(10-14(16)17)9-11-5-6-12(18-2)13(8-11)19-3/h1,5-6,8H,7,9-10H2,2-3H3,(H,16,17). The first-order valence-corrected chi connectivity index (χ1v) is 5.69. The van der Waals surface area contributed by atoms with Crippen molar-refractivity contribution < 1.29 is 19.4 Å². The van der Waals surface area contributed by atoms with Crippen molar-refractivity contribution in [1.29, 1.82) is 0 Å². The molecule has 0 aliphatic carbocycles. The van der Waals surface area contributed by atoms with Crippen LogP contribution in [0.5, 0.6) is 11.5 Å². The quantitative estimate of drug-likeness (QED) is 0.750. The van der Waals surface area contributed by atoms with Gasteiger partial charge in [0.2, 0.25) is 0 Å². The average molecular weight is 263 g/mol. The number of hydrogen-bond donors (Lipinski definition) is 1. The Labute approximate surface area is 112 Å². The van der Waals surface area contributed by atoms with Crippen LogP contribution in [0.15, 0.2) is 18.2 Å². The first kappa shape index (κ1) is 14.9. The molecule has 0 saturated heterocycles. The van der Waals surface area contributed by atoms with Gasteiger partial charge >= 0.3 is 5.97 Å². The number of carbonyl (C=O) groups is 1. The number of ether oxygens (including phenoxy) is 2. The Kier molecular flexibility index (Phi) is 5.71. The molecule has 0 aromatic heterocycles. The lowest BCUT2D eigenvalue weighted by atomic mass is 10.2. The molecule has 0 bridgehead atoms. The fourth-order valence-electron chi connectivity index (χ4n) is 1.73. The number of nitrogens with zero attached hydrogens (tertiary/aromatic N) is 1. The van der Waals surface area contributed by atoms with Crippen molar-refractivity contribution in [2.75, 3.05) is 27.3 Å². The highest BCUT2D eigenvalue weighted by Gasteiger charge is 2.11.